The van der Waals surface area contributed by atoms with Crippen molar-refractivity contribution in [3.05, 3.63) is 58.5 Å². The highest BCUT2D eigenvalue weighted by atomic mass is 35.5. The Morgan fingerprint density at radius 2 is 2.04 bits per heavy atom. The molecule has 0 unspecified atom stereocenters. The molecule has 28 heavy (non-hydrogen) atoms. The lowest BCUT2D eigenvalue weighted by Gasteiger charge is -2.36. The first kappa shape index (κ1) is 19.2. The highest BCUT2D eigenvalue weighted by molar-refractivity contribution is 6.36. The lowest BCUT2D eigenvalue weighted by atomic mass is 9.91. The Kier molecular flexibility index (Phi) is 5.29. The zero-order chi connectivity index (χ0) is 19.7. The van der Waals surface area contributed by atoms with Gasteiger partial charge in [0.2, 0.25) is 5.82 Å². The Morgan fingerprint density at radius 1 is 1.25 bits per heavy atom. The number of ether oxygens (including phenoxy) is 1. The molecule has 1 aliphatic rings. The molecule has 1 amide bonds. The van der Waals surface area contributed by atoms with Crippen LogP contribution in [0.15, 0.2) is 42.6 Å². The third kappa shape index (κ3) is 3.49. The average Bonchev–Trinajstić information content (AvgIpc) is 3.08. The van der Waals surface area contributed by atoms with Gasteiger partial charge in [-0.05, 0) is 43.2 Å². The lowest BCUT2D eigenvalue weighted by Crippen LogP contribution is -2.54. The maximum absolute atomic E-state index is 13.1. The second-order valence-electron chi connectivity index (χ2n) is 6.87. The van der Waals surface area contributed by atoms with E-state index in [-0.39, 0.29) is 18.3 Å². The first-order valence-corrected chi connectivity index (χ1v) is 9.72. The largest absolute Gasteiger partial charge is 0.394 e. The molecule has 1 aliphatic heterocycles. The number of amides is 1. The van der Waals surface area contributed by atoms with Crippen molar-refractivity contribution in [1.82, 2.24) is 14.7 Å². The highest BCUT2D eigenvalue weighted by Crippen LogP contribution is 2.33. The third-order valence-corrected chi connectivity index (χ3v) is 5.62. The molecule has 1 aromatic carbocycles. The van der Waals surface area contributed by atoms with E-state index in [1.807, 2.05) is 18.2 Å². The summed E-state index contributed by atoms with van der Waals surface area (Å²) in [6.07, 6.45) is 2.88. The zero-order valence-corrected chi connectivity index (χ0v) is 16.5. The van der Waals surface area contributed by atoms with Crippen molar-refractivity contribution in [3.8, 4) is 11.3 Å². The van der Waals surface area contributed by atoms with E-state index in [9.17, 15) is 9.90 Å². The minimum absolute atomic E-state index is 0.152. The molecule has 0 saturated carbocycles. The summed E-state index contributed by atoms with van der Waals surface area (Å²) in [5, 5.41) is 13.8. The van der Waals surface area contributed by atoms with Gasteiger partial charge >= 0.3 is 0 Å². The molecule has 3 heterocycles. The number of carbonyl (C=O) groups is 1. The van der Waals surface area contributed by atoms with Gasteiger partial charge in [-0.1, -0.05) is 29.3 Å². The Bertz CT molecular complexity index is 1030. The molecule has 3 aromatic rings. The summed E-state index contributed by atoms with van der Waals surface area (Å²) in [4.78, 5) is 17.7. The molecule has 146 valence electrons. The highest BCUT2D eigenvalue weighted by Gasteiger charge is 2.35. The van der Waals surface area contributed by atoms with Gasteiger partial charge in [0, 0.05) is 30.0 Å². The fourth-order valence-corrected chi connectivity index (χ4v) is 3.96. The van der Waals surface area contributed by atoms with E-state index in [1.54, 1.807) is 28.8 Å². The number of carbonyl (C=O) groups excluding carboxylic acids is 1. The number of rotatable bonds is 4. The van der Waals surface area contributed by atoms with Crippen molar-refractivity contribution in [2.24, 2.45) is 0 Å². The van der Waals surface area contributed by atoms with Crippen LogP contribution in [0, 0.1) is 0 Å². The fraction of sp³-hybridized carbons (Fsp3) is 0.300. The first-order valence-electron chi connectivity index (χ1n) is 8.97. The predicted molar refractivity (Wildman–Crippen MR) is 108 cm³/mol. The molecule has 2 N–H and O–H groups in total. The summed E-state index contributed by atoms with van der Waals surface area (Å²) in [5.74, 6) is -0.121. The van der Waals surface area contributed by atoms with Crippen LogP contribution in [0.3, 0.4) is 0 Å². The molecule has 0 atom stereocenters. The Morgan fingerprint density at radius 3 is 2.75 bits per heavy atom. The van der Waals surface area contributed by atoms with Crippen LogP contribution in [0.4, 0.5) is 0 Å². The zero-order valence-electron chi connectivity index (χ0n) is 15.0. The summed E-state index contributed by atoms with van der Waals surface area (Å²) < 4.78 is 7.08. The summed E-state index contributed by atoms with van der Waals surface area (Å²) in [5.41, 5.74) is 1.34. The van der Waals surface area contributed by atoms with E-state index in [0.29, 0.717) is 47.4 Å². The number of imidazole rings is 1. The second kappa shape index (κ2) is 7.72. The van der Waals surface area contributed by atoms with Gasteiger partial charge in [-0.25, -0.2) is 4.98 Å². The quantitative estimate of drug-likeness (QED) is 0.677. The first-order chi connectivity index (χ1) is 13.5. The number of nitrogens with one attached hydrogen (secondary N) is 1. The number of fused-ring (bicyclic) bond motifs is 1. The van der Waals surface area contributed by atoms with E-state index in [0.717, 1.165) is 5.52 Å². The number of aliphatic hydroxyl groups is 1. The minimum Gasteiger partial charge on any atom is -0.394 e. The van der Waals surface area contributed by atoms with Gasteiger partial charge in [0.05, 0.1) is 28.4 Å². The monoisotopic (exact) mass is 419 g/mol. The summed E-state index contributed by atoms with van der Waals surface area (Å²) >= 11 is 12.4. The van der Waals surface area contributed by atoms with Crippen LogP contribution in [-0.2, 0) is 4.74 Å². The normalized spacial score (nSPS) is 16.2. The summed E-state index contributed by atoms with van der Waals surface area (Å²) in [6.45, 7) is 0.838. The van der Waals surface area contributed by atoms with Gasteiger partial charge in [0.15, 0.2) is 0 Å². The van der Waals surface area contributed by atoms with Crippen molar-refractivity contribution in [3.63, 3.8) is 0 Å². The van der Waals surface area contributed by atoms with Crippen LogP contribution < -0.4 is 5.32 Å². The minimum atomic E-state index is -0.700. The van der Waals surface area contributed by atoms with Crippen molar-refractivity contribution in [2.45, 2.75) is 18.4 Å². The molecule has 2 aromatic heterocycles. The summed E-state index contributed by atoms with van der Waals surface area (Å²) in [6, 6.07) is 10.7. The number of aromatic nitrogens is 2. The smallest absolute Gasteiger partial charge is 0.288 e. The van der Waals surface area contributed by atoms with Crippen LogP contribution in [0.2, 0.25) is 10.0 Å². The SMILES string of the molecule is O=C(NC1(CO)CCOCC1)c1nc(-c2ccc(Cl)cc2Cl)c2ccccn12. The molecule has 0 aliphatic carbocycles. The number of hydrogen-bond acceptors (Lipinski definition) is 4. The number of halogens is 2. The van der Waals surface area contributed by atoms with Crippen LogP contribution in [0.1, 0.15) is 23.5 Å². The number of aliphatic hydroxyl groups excluding tert-OH is 1. The molecule has 0 bridgehead atoms. The molecular weight excluding hydrogens is 401 g/mol. The fourth-order valence-electron chi connectivity index (χ4n) is 3.46. The van der Waals surface area contributed by atoms with Crippen LogP contribution in [0.25, 0.3) is 16.8 Å². The van der Waals surface area contributed by atoms with Crippen molar-refractivity contribution in [1.29, 1.82) is 0 Å². The van der Waals surface area contributed by atoms with Gasteiger partial charge in [-0.15, -0.1) is 0 Å². The van der Waals surface area contributed by atoms with E-state index >= 15 is 0 Å². The Hall–Kier alpha value is -2.12. The Balaban J connectivity index is 1.77. The van der Waals surface area contributed by atoms with Crippen molar-refractivity contribution >= 4 is 34.6 Å². The molecule has 0 spiro atoms. The van der Waals surface area contributed by atoms with E-state index in [1.165, 1.54) is 0 Å². The Labute approximate surface area is 172 Å². The molecular formula is C20H19Cl2N3O3. The van der Waals surface area contributed by atoms with Crippen LogP contribution in [-0.4, -0.2) is 45.8 Å². The van der Waals surface area contributed by atoms with Gasteiger partial charge in [-0.3, -0.25) is 9.20 Å². The summed E-state index contributed by atoms with van der Waals surface area (Å²) in [7, 11) is 0. The van der Waals surface area contributed by atoms with Gasteiger partial charge in [-0.2, -0.15) is 0 Å². The van der Waals surface area contributed by atoms with Gasteiger partial charge in [0.25, 0.3) is 5.91 Å². The van der Waals surface area contributed by atoms with Crippen molar-refractivity contribution < 1.29 is 14.6 Å². The average molecular weight is 420 g/mol. The maximum Gasteiger partial charge on any atom is 0.288 e. The topological polar surface area (TPSA) is 75.9 Å². The molecule has 0 radical (unpaired) electrons. The van der Waals surface area contributed by atoms with E-state index in [2.05, 4.69) is 10.3 Å². The van der Waals surface area contributed by atoms with Crippen LogP contribution >= 0.6 is 23.2 Å². The van der Waals surface area contributed by atoms with Gasteiger partial charge < -0.3 is 15.2 Å². The molecule has 1 saturated heterocycles. The number of benzene rings is 1. The predicted octanol–water partition coefficient (Wildman–Crippen LogP) is 3.58. The van der Waals surface area contributed by atoms with E-state index < -0.39 is 5.54 Å². The number of pyridine rings is 1. The van der Waals surface area contributed by atoms with Gasteiger partial charge in [0.1, 0.15) is 0 Å². The van der Waals surface area contributed by atoms with E-state index in [4.69, 9.17) is 27.9 Å². The standard InChI is InChI=1S/C20H19Cl2N3O3/c21-13-4-5-14(15(22)11-13)17-16-3-1-2-8-25(16)18(23-17)19(27)24-20(12-26)6-9-28-10-7-20/h1-5,8,11,26H,6-7,9-10,12H2,(H,24,27). The molecule has 1 fully saturated rings. The second-order valence-corrected chi connectivity index (χ2v) is 7.71. The molecule has 6 nitrogen and oxygen atoms in total. The molecule has 4 rings (SSSR count). The van der Waals surface area contributed by atoms with Crippen LogP contribution in [0.5, 0.6) is 0 Å². The third-order valence-electron chi connectivity index (χ3n) is 5.07. The number of hydrogen-bond donors (Lipinski definition) is 2. The maximum atomic E-state index is 13.1. The number of nitrogens with zero attached hydrogens (tertiary/aromatic N) is 2. The molecule has 8 heteroatoms. The van der Waals surface area contributed by atoms with Crippen molar-refractivity contribution in [2.75, 3.05) is 19.8 Å². The lowest BCUT2D eigenvalue weighted by molar-refractivity contribution is 0.0123.